The fourth-order valence-corrected chi connectivity index (χ4v) is 1.48. The van der Waals surface area contributed by atoms with E-state index >= 15 is 0 Å². The predicted octanol–water partition coefficient (Wildman–Crippen LogP) is 3.28. The summed E-state index contributed by atoms with van der Waals surface area (Å²) in [4.78, 5) is 4.14. The highest BCUT2D eigenvalue weighted by atomic mass is 32.2. The molecule has 0 radical (unpaired) electrons. The van der Waals surface area contributed by atoms with Gasteiger partial charge < -0.3 is 0 Å². The Morgan fingerprint density at radius 1 is 1.25 bits per heavy atom. The number of thioether (sulfide) groups is 1. The van der Waals surface area contributed by atoms with Gasteiger partial charge in [-0.05, 0) is 24.6 Å². The van der Waals surface area contributed by atoms with Gasteiger partial charge in [-0.25, -0.2) is 4.98 Å². The molecule has 0 aliphatic carbocycles. The second-order valence-electron chi connectivity index (χ2n) is 2.23. The molecule has 1 aromatic heterocycles. The van der Waals surface area contributed by atoms with Crippen LogP contribution in [-0.2, 0) is 0 Å². The molecule has 0 aliphatic rings. The summed E-state index contributed by atoms with van der Waals surface area (Å²) in [5.74, 6) is 0. The van der Waals surface area contributed by atoms with Crippen molar-refractivity contribution in [3.8, 4) is 0 Å². The van der Waals surface area contributed by atoms with Crippen LogP contribution < -0.4 is 0 Å². The zero-order valence-corrected chi connectivity index (χ0v) is 8.78. The van der Waals surface area contributed by atoms with E-state index in [0.29, 0.717) is 0 Å². The first-order valence-electron chi connectivity index (χ1n) is 3.57. The van der Waals surface area contributed by atoms with Gasteiger partial charge in [-0.1, -0.05) is 12.1 Å². The SMILES string of the molecule is CSC.c1ccc2scnc2c1. The Hall–Kier alpha value is -0.540. The van der Waals surface area contributed by atoms with E-state index in [0.717, 1.165) is 5.52 Å². The first kappa shape index (κ1) is 9.55. The van der Waals surface area contributed by atoms with Gasteiger partial charge in [-0.15, -0.1) is 11.3 Å². The van der Waals surface area contributed by atoms with Gasteiger partial charge in [-0.2, -0.15) is 11.8 Å². The first-order valence-corrected chi connectivity index (χ1v) is 6.08. The molecular weight excluding hydrogens is 186 g/mol. The van der Waals surface area contributed by atoms with Gasteiger partial charge in [0.05, 0.1) is 15.7 Å². The Bertz CT molecular complexity index is 300. The summed E-state index contributed by atoms with van der Waals surface area (Å²) in [7, 11) is 0. The van der Waals surface area contributed by atoms with Crippen molar-refractivity contribution in [2.24, 2.45) is 0 Å². The van der Waals surface area contributed by atoms with E-state index in [2.05, 4.69) is 11.1 Å². The number of nitrogens with zero attached hydrogens (tertiary/aromatic N) is 1. The van der Waals surface area contributed by atoms with Crippen LogP contribution in [0.15, 0.2) is 29.8 Å². The molecule has 0 amide bonds. The molecule has 0 saturated carbocycles. The highest BCUT2D eigenvalue weighted by Gasteiger charge is 1.89. The number of hydrogen-bond acceptors (Lipinski definition) is 3. The maximum absolute atomic E-state index is 4.14. The monoisotopic (exact) mass is 197 g/mol. The van der Waals surface area contributed by atoms with Gasteiger partial charge in [0.1, 0.15) is 0 Å². The third-order valence-electron chi connectivity index (χ3n) is 1.24. The van der Waals surface area contributed by atoms with Crippen LogP contribution >= 0.6 is 23.1 Å². The molecule has 0 unspecified atom stereocenters. The van der Waals surface area contributed by atoms with Crippen molar-refractivity contribution in [2.75, 3.05) is 12.5 Å². The predicted molar refractivity (Wildman–Crippen MR) is 59.1 cm³/mol. The maximum atomic E-state index is 4.14. The Morgan fingerprint density at radius 2 is 1.92 bits per heavy atom. The van der Waals surface area contributed by atoms with E-state index in [9.17, 15) is 0 Å². The van der Waals surface area contributed by atoms with Gasteiger partial charge in [0.15, 0.2) is 0 Å². The highest BCUT2D eigenvalue weighted by Crippen LogP contribution is 2.15. The van der Waals surface area contributed by atoms with Gasteiger partial charge in [0, 0.05) is 0 Å². The Balaban J connectivity index is 0.000000213. The molecule has 1 aromatic carbocycles. The topological polar surface area (TPSA) is 12.9 Å². The lowest BCUT2D eigenvalue weighted by Gasteiger charge is -1.80. The number of thiazole rings is 1. The molecule has 2 rings (SSSR count). The van der Waals surface area contributed by atoms with E-state index in [1.54, 1.807) is 23.1 Å². The summed E-state index contributed by atoms with van der Waals surface area (Å²) in [5.41, 5.74) is 2.97. The summed E-state index contributed by atoms with van der Waals surface area (Å²) < 4.78 is 1.26. The lowest BCUT2D eigenvalue weighted by molar-refractivity contribution is 1.50. The van der Waals surface area contributed by atoms with Crippen molar-refractivity contribution in [3.63, 3.8) is 0 Å². The minimum atomic E-state index is 1.10. The molecule has 0 spiro atoms. The summed E-state index contributed by atoms with van der Waals surface area (Å²) in [6.45, 7) is 0. The summed E-state index contributed by atoms with van der Waals surface area (Å²) in [6, 6.07) is 8.13. The van der Waals surface area contributed by atoms with Crippen LogP contribution in [0.5, 0.6) is 0 Å². The lowest BCUT2D eigenvalue weighted by atomic mass is 10.3. The van der Waals surface area contributed by atoms with E-state index < -0.39 is 0 Å². The van der Waals surface area contributed by atoms with Crippen molar-refractivity contribution in [1.29, 1.82) is 0 Å². The molecule has 64 valence electrons. The quantitative estimate of drug-likeness (QED) is 0.643. The van der Waals surface area contributed by atoms with E-state index in [-0.39, 0.29) is 0 Å². The van der Waals surface area contributed by atoms with Crippen LogP contribution in [0.1, 0.15) is 0 Å². The van der Waals surface area contributed by atoms with Crippen molar-refractivity contribution in [3.05, 3.63) is 29.8 Å². The van der Waals surface area contributed by atoms with E-state index in [4.69, 9.17) is 0 Å². The molecule has 1 heterocycles. The largest absolute Gasteiger partial charge is 0.245 e. The molecule has 3 heteroatoms. The second kappa shape index (κ2) is 5.17. The molecule has 2 aromatic rings. The normalized spacial score (nSPS) is 9.17. The molecule has 0 aliphatic heterocycles. The van der Waals surface area contributed by atoms with Crippen LogP contribution in [0, 0.1) is 0 Å². The standard InChI is InChI=1S/C7H5NS.C2H6S/c1-2-4-7-6(3-1)8-5-9-7;1-3-2/h1-5H;1-2H3. The van der Waals surface area contributed by atoms with Crippen LogP contribution in [0.4, 0.5) is 0 Å². The van der Waals surface area contributed by atoms with E-state index in [1.165, 1.54) is 4.70 Å². The number of para-hydroxylation sites is 1. The van der Waals surface area contributed by atoms with Gasteiger partial charge in [0.25, 0.3) is 0 Å². The molecular formula is C9H11NS2. The first-order chi connectivity index (χ1) is 5.88. The number of fused-ring (bicyclic) bond motifs is 1. The van der Waals surface area contributed by atoms with Crippen molar-refractivity contribution < 1.29 is 0 Å². The zero-order valence-electron chi connectivity index (χ0n) is 7.15. The number of benzene rings is 1. The van der Waals surface area contributed by atoms with Crippen LogP contribution in [-0.4, -0.2) is 17.5 Å². The Morgan fingerprint density at radius 3 is 2.58 bits per heavy atom. The average Bonchev–Trinajstić information content (AvgIpc) is 2.52. The summed E-state index contributed by atoms with van der Waals surface area (Å²) in [5, 5.41) is 0. The second-order valence-corrected chi connectivity index (χ2v) is 3.93. The smallest absolute Gasteiger partial charge is 0.0812 e. The molecule has 0 bridgehead atoms. The molecule has 0 fully saturated rings. The third kappa shape index (κ3) is 2.50. The maximum Gasteiger partial charge on any atom is 0.0812 e. The molecule has 0 saturated heterocycles. The minimum Gasteiger partial charge on any atom is -0.245 e. The van der Waals surface area contributed by atoms with Crippen LogP contribution in [0.25, 0.3) is 10.2 Å². The van der Waals surface area contributed by atoms with Crippen molar-refractivity contribution >= 4 is 33.3 Å². The molecule has 0 N–H and O–H groups in total. The average molecular weight is 197 g/mol. The minimum absolute atomic E-state index is 1.10. The molecule has 1 nitrogen and oxygen atoms in total. The van der Waals surface area contributed by atoms with Gasteiger partial charge >= 0.3 is 0 Å². The van der Waals surface area contributed by atoms with E-state index in [1.807, 2.05) is 36.2 Å². The summed E-state index contributed by atoms with van der Waals surface area (Å²) >= 11 is 3.43. The molecule has 12 heavy (non-hydrogen) atoms. The van der Waals surface area contributed by atoms with Crippen LogP contribution in [0.2, 0.25) is 0 Å². The zero-order chi connectivity index (χ0) is 8.81. The lowest BCUT2D eigenvalue weighted by Crippen LogP contribution is -1.61. The third-order valence-corrected chi connectivity index (χ3v) is 2.05. The molecule has 0 atom stereocenters. The summed E-state index contributed by atoms with van der Waals surface area (Å²) in [6.07, 6.45) is 4.08. The Kier molecular flexibility index (Phi) is 4.11. The van der Waals surface area contributed by atoms with Crippen LogP contribution in [0.3, 0.4) is 0 Å². The van der Waals surface area contributed by atoms with Gasteiger partial charge in [-0.3, -0.25) is 0 Å². The number of aromatic nitrogens is 1. The van der Waals surface area contributed by atoms with Crippen molar-refractivity contribution in [2.45, 2.75) is 0 Å². The fourth-order valence-electron chi connectivity index (χ4n) is 0.803. The number of hydrogen-bond donors (Lipinski definition) is 0. The fraction of sp³-hybridized carbons (Fsp3) is 0.222. The number of rotatable bonds is 0. The Labute approximate surface area is 80.8 Å². The van der Waals surface area contributed by atoms with Gasteiger partial charge in [0.2, 0.25) is 0 Å². The van der Waals surface area contributed by atoms with Crippen molar-refractivity contribution in [1.82, 2.24) is 4.98 Å². The highest BCUT2D eigenvalue weighted by molar-refractivity contribution is 7.97.